The third kappa shape index (κ3) is 2.57. The molecule has 130 valence electrons. The number of fused-ring (bicyclic) bond motifs is 1. The first-order valence-corrected chi connectivity index (χ1v) is 9.61. The second-order valence-corrected chi connectivity index (χ2v) is 7.69. The molecule has 0 aliphatic heterocycles. The molecule has 26 heavy (non-hydrogen) atoms. The highest BCUT2D eigenvalue weighted by atomic mass is 32.2. The Bertz CT molecular complexity index is 1180. The summed E-state index contributed by atoms with van der Waals surface area (Å²) in [6.45, 7) is 0. The van der Waals surface area contributed by atoms with E-state index < -0.39 is 10.0 Å². The molecule has 1 aromatic heterocycles. The minimum absolute atomic E-state index is 0.257. The third-order valence-electron chi connectivity index (χ3n) is 4.38. The van der Waals surface area contributed by atoms with Gasteiger partial charge in [-0.15, -0.1) is 0 Å². The first-order valence-electron chi connectivity index (χ1n) is 8.17. The van der Waals surface area contributed by atoms with Crippen molar-refractivity contribution < 1.29 is 13.2 Å². The summed E-state index contributed by atoms with van der Waals surface area (Å²) >= 11 is 0. The lowest BCUT2D eigenvalue weighted by atomic mass is 10.0. The minimum atomic E-state index is -3.70. The Morgan fingerprint density at radius 3 is 2.19 bits per heavy atom. The second kappa shape index (κ2) is 6.35. The van der Waals surface area contributed by atoms with Crippen LogP contribution in [0.1, 0.15) is 0 Å². The maximum atomic E-state index is 13.2. The maximum Gasteiger partial charge on any atom is 0.268 e. The summed E-state index contributed by atoms with van der Waals surface area (Å²) in [4.78, 5) is 0.257. The predicted octanol–water partition coefficient (Wildman–Crippen LogP) is 4.55. The first kappa shape index (κ1) is 16.4. The standard InChI is InChI=1S/C21H17NO3S/c1-25-21-14-8-6-12-18(21)19-15-22(20-13-7-5-11-17(19)20)26(23,24)16-9-3-2-4-10-16/h2-15H,1H3. The molecular weight excluding hydrogens is 346 g/mol. The van der Waals surface area contributed by atoms with Crippen molar-refractivity contribution in [1.29, 1.82) is 0 Å². The summed E-state index contributed by atoms with van der Waals surface area (Å²) in [5, 5.41) is 0.858. The SMILES string of the molecule is COc1ccccc1-c1cn(S(=O)(=O)c2ccccc2)c2ccccc12. The highest BCUT2D eigenvalue weighted by molar-refractivity contribution is 7.90. The molecule has 0 bridgehead atoms. The van der Waals surface area contributed by atoms with E-state index in [1.807, 2.05) is 48.5 Å². The van der Waals surface area contributed by atoms with Gasteiger partial charge in [0.25, 0.3) is 10.0 Å². The number of methoxy groups -OCH3 is 1. The maximum absolute atomic E-state index is 13.2. The summed E-state index contributed by atoms with van der Waals surface area (Å²) < 4.78 is 33.2. The molecule has 1 heterocycles. The minimum Gasteiger partial charge on any atom is -0.496 e. The largest absolute Gasteiger partial charge is 0.496 e. The van der Waals surface area contributed by atoms with Crippen molar-refractivity contribution in [2.45, 2.75) is 4.90 Å². The smallest absolute Gasteiger partial charge is 0.268 e. The average molecular weight is 363 g/mol. The molecule has 0 aliphatic carbocycles. The summed E-state index contributed by atoms with van der Waals surface area (Å²) in [7, 11) is -2.09. The lowest BCUT2D eigenvalue weighted by Gasteiger charge is -2.07. The zero-order valence-corrected chi connectivity index (χ0v) is 15.0. The fraction of sp³-hybridized carbons (Fsp3) is 0.0476. The zero-order chi connectivity index (χ0) is 18.1. The predicted molar refractivity (Wildman–Crippen MR) is 103 cm³/mol. The van der Waals surface area contributed by atoms with Gasteiger partial charge in [-0.05, 0) is 24.3 Å². The molecule has 0 fully saturated rings. The molecule has 0 atom stereocenters. The number of hydrogen-bond donors (Lipinski definition) is 0. The second-order valence-electron chi connectivity index (χ2n) is 5.87. The Labute approximate surface area is 152 Å². The van der Waals surface area contributed by atoms with Crippen LogP contribution in [0.5, 0.6) is 5.75 Å². The van der Waals surface area contributed by atoms with E-state index in [9.17, 15) is 8.42 Å². The van der Waals surface area contributed by atoms with E-state index in [-0.39, 0.29) is 4.90 Å². The molecule has 5 heteroatoms. The topological polar surface area (TPSA) is 48.3 Å². The molecule has 0 unspecified atom stereocenters. The monoisotopic (exact) mass is 363 g/mol. The quantitative estimate of drug-likeness (QED) is 0.534. The van der Waals surface area contributed by atoms with Crippen molar-refractivity contribution >= 4 is 20.9 Å². The summed E-state index contributed by atoms with van der Waals surface area (Å²) in [6, 6.07) is 23.5. The van der Waals surface area contributed by atoms with Gasteiger partial charge in [-0.2, -0.15) is 0 Å². The van der Waals surface area contributed by atoms with Gasteiger partial charge in [0, 0.05) is 22.7 Å². The summed E-state index contributed by atoms with van der Waals surface area (Å²) in [5.74, 6) is 0.701. The molecule has 3 aromatic carbocycles. The Balaban J connectivity index is 2.02. The Hall–Kier alpha value is -3.05. The molecule has 0 spiro atoms. The molecular formula is C21H17NO3S. The van der Waals surface area contributed by atoms with Gasteiger partial charge in [0.2, 0.25) is 0 Å². The van der Waals surface area contributed by atoms with Crippen LogP contribution in [0.3, 0.4) is 0 Å². The molecule has 4 nitrogen and oxygen atoms in total. The normalized spacial score (nSPS) is 11.6. The molecule has 4 aromatic rings. The molecule has 0 saturated carbocycles. The van der Waals surface area contributed by atoms with Crippen LogP contribution in [0.25, 0.3) is 22.0 Å². The van der Waals surface area contributed by atoms with E-state index in [0.29, 0.717) is 11.3 Å². The van der Waals surface area contributed by atoms with Crippen LogP contribution >= 0.6 is 0 Å². The lowest BCUT2D eigenvalue weighted by Crippen LogP contribution is -2.11. The summed E-state index contributed by atoms with van der Waals surface area (Å²) in [6.07, 6.45) is 1.67. The van der Waals surface area contributed by atoms with E-state index in [1.165, 1.54) is 3.97 Å². The highest BCUT2D eigenvalue weighted by Gasteiger charge is 2.22. The van der Waals surface area contributed by atoms with E-state index in [0.717, 1.165) is 16.5 Å². The average Bonchev–Trinajstić information content (AvgIpc) is 3.09. The number of aromatic nitrogens is 1. The third-order valence-corrected chi connectivity index (χ3v) is 6.06. The van der Waals surface area contributed by atoms with Crippen molar-refractivity contribution in [3.63, 3.8) is 0 Å². The fourth-order valence-electron chi connectivity index (χ4n) is 3.14. The number of benzene rings is 3. The number of ether oxygens (including phenoxy) is 1. The van der Waals surface area contributed by atoms with Crippen LogP contribution in [0.4, 0.5) is 0 Å². The Morgan fingerprint density at radius 2 is 1.42 bits per heavy atom. The van der Waals surface area contributed by atoms with Gasteiger partial charge in [0.15, 0.2) is 0 Å². The van der Waals surface area contributed by atoms with Crippen LogP contribution in [-0.2, 0) is 10.0 Å². The Morgan fingerprint density at radius 1 is 0.769 bits per heavy atom. The van der Waals surface area contributed by atoms with Gasteiger partial charge in [0.05, 0.1) is 17.5 Å². The number of nitrogens with zero attached hydrogens (tertiary/aromatic N) is 1. The number of hydrogen-bond acceptors (Lipinski definition) is 3. The molecule has 0 N–H and O–H groups in total. The van der Waals surface area contributed by atoms with Crippen molar-refractivity contribution in [3.8, 4) is 16.9 Å². The van der Waals surface area contributed by atoms with Crippen LogP contribution in [0.2, 0.25) is 0 Å². The van der Waals surface area contributed by atoms with E-state index in [1.54, 1.807) is 43.6 Å². The first-order chi connectivity index (χ1) is 12.6. The highest BCUT2D eigenvalue weighted by Crippen LogP contribution is 2.37. The van der Waals surface area contributed by atoms with Gasteiger partial charge in [-0.25, -0.2) is 12.4 Å². The molecule has 0 amide bonds. The van der Waals surface area contributed by atoms with Gasteiger partial charge >= 0.3 is 0 Å². The lowest BCUT2D eigenvalue weighted by molar-refractivity contribution is 0.416. The fourth-order valence-corrected chi connectivity index (χ4v) is 4.53. The number of para-hydroxylation sites is 2. The van der Waals surface area contributed by atoms with Crippen molar-refractivity contribution in [2.75, 3.05) is 7.11 Å². The summed E-state index contributed by atoms with van der Waals surface area (Å²) in [5.41, 5.74) is 2.31. The Kier molecular flexibility index (Phi) is 4.01. The van der Waals surface area contributed by atoms with Crippen molar-refractivity contribution in [3.05, 3.63) is 85.1 Å². The van der Waals surface area contributed by atoms with Crippen LogP contribution < -0.4 is 4.74 Å². The van der Waals surface area contributed by atoms with Gasteiger partial charge in [-0.3, -0.25) is 0 Å². The van der Waals surface area contributed by atoms with E-state index >= 15 is 0 Å². The van der Waals surface area contributed by atoms with Gasteiger partial charge < -0.3 is 4.74 Å². The van der Waals surface area contributed by atoms with E-state index in [2.05, 4.69) is 0 Å². The van der Waals surface area contributed by atoms with Crippen LogP contribution in [0, 0.1) is 0 Å². The molecule has 4 rings (SSSR count). The van der Waals surface area contributed by atoms with Crippen LogP contribution in [-0.4, -0.2) is 19.5 Å². The molecule has 0 radical (unpaired) electrons. The van der Waals surface area contributed by atoms with E-state index in [4.69, 9.17) is 4.74 Å². The van der Waals surface area contributed by atoms with Crippen LogP contribution in [0.15, 0.2) is 90.0 Å². The van der Waals surface area contributed by atoms with Crippen molar-refractivity contribution in [2.24, 2.45) is 0 Å². The van der Waals surface area contributed by atoms with Gasteiger partial charge in [-0.1, -0.05) is 54.6 Å². The zero-order valence-electron chi connectivity index (χ0n) is 14.2. The van der Waals surface area contributed by atoms with Crippen molar-refractivity contribution in [1.82, 2.24) is 3.97 Å². The van der Waals surface area contributed by atoms with Gasteiger partial charge in [0.1, 0.15) is 5.75 Å². The molecule has 0 saturated heterocycles. The number of rotatable bonds is 4. The molecule has 0 aliphatic rings.